The lowest BCUT2D eigenvalue weighted by atomic mass is 10.0. The zero-order valence-electron chi connectivity index (χ0n) is 7.02. The molecule has 3 heteroatoms. The van der Waals surface area contributed by atoms with Crippen LogP contribution in [0.15, 0.2) is 5.38 Å². The molecule has 0 unspecified atom stereocenters. The second-order valence-electron chi connectivity index (χ2n) is 3.04. The van der Waals surface area contributed by atoms with E-state index in [9.17, 15) is 4.79 Å². The van der Waals surface area contributed by atoms with Gasteiger partial charge in [-0.05, 0) is 25.3 Å². The molecule has 0 amide bonds. The minimum absolute atomic E-state index is 0.199. The first kappa shape index (κ1) is 7.80. The van der Waals surface area contributed by atoms with Gasteiger partial charge in [-0.2, -0.15) is 0 Å². The normalized spacial score (nSPS) is 15.1. The molecule has 0 atom stereocenters. The molecule has 1 aromatic heterocycles. The fourth-order valence-corrected chi connectivity index (χ4v) is 2.54. The van der Waals surface area contributed by atoms with Gasteiger partial charge in [-0.15, -0.1) is 11.3 Å². The van der Waals surface area contributed by atoms with E-state index in [1.165, 1.54) is 11.3 Å². The molecule has 2 nitrogen and oxygen atoms in total. The van der Waals surface area contributed by atoms with Crippen LogP contribution < -0.4 is 5.32 Å². The monoisotopic (exact) mass is 181 g/mol. The van der Waals surface area contributed by atoms with E-state index in [2.05, 4.69) is 5.32 Å². The van der Waals surface area contributed by atoms with E-state index >= 15 is 0 Å². The first-order valence-electron chi connectivity index (χ1n) is 4.14. The minimum atomic E-state index is 0.199. The molecule has 0 saturated heterocycles. The van der Waals surface area contributed by atoms with Gasteiger partial charge in [-0.3, -0.25) is 4.79 Å². The van der Waals surface area contributed by atoms with Crippen molar-refractivity contribution in [2.75, 3.05) is 11.9 Å². The first-order chi connectivity index (χ1) is 5.79. The van der Waals surface area contributed by atoms with Crippen LogP contribution in [0.3, 0.4) is 0 Å². The molecule has 64 valence electrons. The van der Waals surface area contributed by atoms with Gasteiger partial charge in [0.15, 0.2) is 5.78 Å². The van der Waals surface area contributed by atoms with Crippen LogP contribution in [0.4, 0.5) is 5.69 Å². The second-order valence-corrected chi connectivity index (χ2v) is 3.92. The molecule has 0 fully saturated rings. The van der Waals surface area contributed by atoms with Crippen LogP contribution in [0, 0.1) is 0 Å². The number of ketones is 1. The van der Waals surface area contributed by atoms with Crippen LogP contribution in [0.25, 0.3) is 0 Å². The molecule has 0 bridgehead atoms. The van der Waals surface area contributed by atoms with Gasteiger partial charge in [-0.25, -0.2) is 0 Å². The fraction of sp³-hybridized carbons (Fsp3) is 0.444. The largest absolute Gasteiger partial charge is 0.384 e. The summed E-state index contributed by atoms with van der Waals surface area (Å²) >= 11 is 1.56. The van der Waals surface area contributed by atoms with Gasteiger partial charge in [0, 0.05) is 17.6 Å². The van der Waals surface area contributed by atoms with Gasteiger partial charge in [0.25, 0.3) is 0 Å². The summed E-state index contributed by atoms with van der Waals surface area (Å²) in [5, 5.41) is 5.34. The van der Waals surface area contributed by atoms with Crippen LogP contribution >= 0.6 is 11.3 Å². The van der Waals surface area contributed by atoms with Crippen molar-refractivity contribution in [2.45, 2.75) is 19.8 Å². The number of hydrogen-bond acceptors (Lipinski definition) is 3. The van der Waals surface area contributed by atoms with Gasteiger partial charge in [0.2, 0.25) is 0 Å². The van der Waals surface area contributed by atoms with Crippen molar-refractivity contribution in [1.29, 1.82) is 0 Å². The molecule has 1 aliphatic heterocycles. The van der Waals surface area contributed by atoms with Gasteiger partial charge in [0.1, 0.15) is 0 Å². The Labute approximate surface area is 75.6 Å². The van der Waals surface area contributed by atoms with E-state index in [1.807, 2.05) is 5.38 Å². The third kappa shape index (κ3) is 1.14. The number of nitrogens with one attached hydrogen (secondary N) is 1. The van der Waals surface area contributed by atoms with Gasteiger partial charge >= 0.3 is 0 Å². The molecule has 12 heavy (non-hydrogen) atoms. The second kappa shape index (κ2) is 2.90. The lowest BCUT2D eigenvalue weighted by Crippen LogP contribution is -2.11. The Morgan fingerprint density at radius 1 is 1.67 bits per heavy atom. The maximum absolute atomic E-state index is 11.2. The SMILES string of the molecule is CC(=O)c1scc2c1CCCN2. The molecule has 2 heterocycles. The Bertz CT molecular complexity index is 316. The van der Waals surface area contributed by atoms with E-state index < -0.39 is 0 Å². The highest BCUT2D eigenvalue weighted by molar-refractivity contribution is 7.12. The minimum Gasteiger partial charge on any atom is -0.384 e. The lowest BCUT2D eigenvalue weighted by molar-refractivity contribution is 0.102. The summed E-state index contributed by atoms with van der Waals surface area (Å²) in [5.74, 6) is 0.199. The summed E-state index contributed by atoms with van der Waals surface area (Å²) in [7, 11) is 0. The van der Waals surface area contributed by atoms with Crippen molar-refractivity contribution in [1.82, 2.24) is 0 Å². The molecule has 0 radical (unpaired) electrons. The van der Waals surface area contributed by atoms with Crippen LogP contribution in [0.2, 0.25) is 0 Å². The van der Waals surface area contributed by atoms with E-state index in [0.29, 0.717) is 0 Å². The Morgan fingerprint density at radius 2 is 2.50 bits per heavy atom. The van der Waals surface area contributed by atoms with Crippen LogP contribution in [0.1, 0.15) is 28.6 Å². The van der Waals surface area contributed by atoms with Crippen molar-refractivity contribution in [3.05, 3.63) is 15.8 Å². The number of hydrogen-bond donors (Lipinski definition) is 1. The highest BCUT2D eigenvalue weighted by Crippen LogP contribution is 2.31. The average molecular weight is 181 g/mol. The predicted octanol–water partition coefficient (Wildman–Crippen LogP) is 2.31. The number of carbonyl (C=O) groups excluding carboxylic acids is 1. The Kier molecular flexibility index (Phi) is 1.89. The van der Waals surface area contributed by atoms with Crippen LogP contribution in [0.5, 0.6) is 0 Å². The Balaban J connectivity index is 2.44. The fourth-order valence-electron chi connectivity index (χ4n) is 1.56. The molecule has 1 aliphatic rings. The highest BCUT2D eigenvalue weighted by atomic mass is 32.1. The Hall–Kier alpha value is -0.830. The van der Waals surface area contributed by atoms with Gasteiger partial charge in [0.05, 0.1) is 4.88 Å². The topological polar surface area (TPSA) is 29.1 Å². The smallest absolute Gasteiger partial charge is 0.170 e. The van der Waals surface area contributed by atoms with Crippen LogP contribution in [-0.4, -0.2) is 12.3 Å². The molecule has 1 N–H and O–H groups in total. The highest BCUT2D eigenvalue weighted by Gasteiger charge is 2.16. The van der Waals surface area contributed by atoms with Crippen molar-refractivity contribution in [2.24, 2.45) is 0 Å². The number of Topliss-reactive ketones (excluding diaryl/α,β-unsaturated/α-hetero) is 1. The van der Waals surface area contributed by atoms with E-state index in [4.69, 9.17) is 0 Å². The number of anilines is 1. The predicted molar refractivity (Wildman–Crippen MR) is 51.1 cm³/mol. The molecule has 0 aromatic carbocycles. The zero-order chi connectivity index (χ0) is 8.55. The van der Waals surface area contributed by atoms with E-state index in [0.717, 1.165) is 24.3 Å². The van der Waals surface area contributed by atoms with Crippen molar-refractivity contribution >= 4 is 22.8 Å². The molecule has 1 aromatic rings. The molecular formula is C9H11NOS. The summed E-state index contributed by atoms with van der Waals surface area (Å²) in [4.78, 5) is 12.1. The van der Waals surface area contributed by atoms with Crippen molar-refractivity contribution < 1.29 is 4.79 Å². The number of rotatable bonds is 1. The summed E-state index contributed by atoms with van der Waals surface area (Å²) < 4.78 is 0. The molecule has 0 saturated carbocycles. The maximum atomic E-state index is 11.2. The number of thiophene rings is 1. The molecule has 0 aliphatic carbocycles. The van der Waals surface area contributed by atoms with Gasteiger partial charge in [-0.1, -0.05) is 0 Å². The molecular weight excluding hydrogens is 170 g/mol. The average Bonchev–Trinajstić information content (AvgIpc) is 2.47. The molecule has 0 spiro atoms. The standard InChI is InChI=1S/C9H11NOS/c1-6(11)9-7-3-2-4-10-8(7)5-12-9/h5,10H,2-4H2,1H3. The summed E-state index contributed by atoms with van der Waals surface area (Å²) in [6.07, 6.45) is 2.20. The quantitative estimate of drug-likeness (QED) is 0.673. The van der Waals surface area contributed by atoms with Gasteiger partial charge < -0.3 is 5.32 Å². The number of fused-ring (bicyclic) bond motifs is 1. The zero-order valence-corrected chi connectivity index (χ0v) is 7.83. The summed E-state index contributed by atoms with van der Waals surface area (Å²) in [5.41, 5.74) is 2.41. The van der Waals surface area contributed by atoms with Crippen LogP contribution in [-0.2, 0) is 6.42 Å². The van der Waals surface area contributed by atoms with E-state index in [1.54, 1.807) is 18.3 Å². The van der Waals surface area contributed by atoms with E-state index in [-0.39, 0.29) is 5.78 Å². The third-order valence-corrected chi connectivity index (χ3v) is 3.26. The summed E-state index contributed by atoms with van der Waals surface area (Å²) in [6, 6.07) is 0. The lowest BCUT2D eigenvalue weighted by Gasteiger charge is -2.14. The summed E-state index contributed by atoms with van der Waals surface area (Å²) in [6.45, 7) is 2.68. The van der Waals surface area contributed by atoms with Crippen molar-refractivity contribution in [3.63, 3.8) is 0 Å². The Morgan fingerprint density at radius 3 is 3.25 bits per heavy atom. The number of carbonyl (C=O) groups is 1. The third-order valence-electron chi connectivity index (χ3n) is 2.13. The maximum Gasteiger partial charge on any atom is 0.170 e. The first-order valence-corrected chi connectivity index (χ1v) is 5.02. The van der Waals surface area contributed by atoms with Crippen molar-refractivity contribution in [3.8, 4) is 0 Å². The molecule has 2 rings (SSSR count).